The Labute approximate surface area is 218 Å². The van der Waals surface area contributed by atoms with E-state index in [1.165, 1.54) is 11.4 Å². The van der Waals surface area contributed by atoms with E-state index in [-0.39, 0.29) is 5.91 Å². The third-order valence-electron chi connectivity index (χ3n) is 7.23. The fourth-order valence-corrected chi connectivity index (χ4v) is 5.01. The zero-order valence-corrected chi connectivity index (χ0v) is 22.1. The molecule has 1 fully saturated rings. The van der Waals surface area contributed by atoms with Gasteiger partial charge in [0, 0.05) is 95.0 Å². The molecule has 2 aliphatic rings. The van der Waals surface area contributed by atoms with Gasteiger partial charge in [0.2, 0.25) is 0 Å². The van der Waals surface area contributed by atoms with Crippen molar-refractivity contribution in [1.29, 1.82) is 0 Å². The average Bonchev–Trinajstić information content (AvgIpc) is 3.08. The molecule has 8 nitrogen and oxygen atoms in total. The third-order valence-corrected chi connectivity index (χ3v) is 7.23. The Balaban J connectivity index is 1.26. The first-order valence-electron chi connectivity index (χ1n) is 12.8. The highest BCUT2D eigenvalue weighted by Gasteiger charge is 2.21. The molecule has 3 aromatic rings. The number of aryl methyl sites for hydroxylation is 1. The van der Waals surface area contributed by atoms with Crippen LogP contribution in [0.25, 0.3) is 22.3 Å². The Hall–Kier alpha value is -3.91. The standard InChI is InChI=1S/C29H35N7O/c1-30-22-9-11-27(32-19-22)25-12-13-31-28-26(25)18-24(34(28)4)20-35-14-16-36(17-15-35)23-7-5-6-21(8-10-23)29(37)33(2)3/h6-13,18-19,30H,5,14-17,20H2,1-4H3. The molecular formula is C29H35N7O. The highest BCUT2D eigenvalue weighted by molar-refractivity contribution is 5.96. The number of nitrogens with one attached hydrogen (secondary N) is 1. The summed E-state index contributed by atoms with van der Waals surface area (Å²) < 4.78 is 2.21. The molecule has 0 saturated carbocycles. The Bertz CT molecular complexity index is 1370. The fraction of sp³-hybridized carbons (Fsp3) is 0.345. The van der Waals surface area contributed by atoms with Gasteiger partial charge >= 0.3 is 0 Å². The first kappa shape index (κ1) is 24.8. The number of likely N-dealkylation sites (N-methyl/N-ethyl adjacent to an activating group) is 1. The number of carbonyl (C=O) groups is 1. The lowest BCUT2D eigenvalue weighted by molar-refractivity contribution is -0.124. The van der Waals surface area contributed by atoms with Gasteiger partial charge in [-0.3, -0.25) is 14.7 Å². The van der Waals surface area contributed by atoms with Gasteiger partial charge in [-0.2, -0.15) is 0 Å². The van der Waals surface area contributed by atoms with E-state index in [1.54, 1.807) is 19.0 Å². The number of hydrogen-bond acceptors (Lipinski definition) is 6. The number of rotatable bonds is 6. The van der Waals surface area contributed by atoms with Crippen molar-refractivity contribution in [3.63, 3.8) is 0 Å². The van der Waals surface area contributed by atoms with Crippen LogP contribution < -0.4 is 5.32 Å². The van der Waals surface area contributed by atoms with Crippen molar-refractivity contribution in [3.8, 4) is 11.3 Å². The van der Waals surface area contributed by atoms with E-state index >= 15 is 0 Å². The lowest BCUT2D eigenvalue weighted by atomic mass is 10.1. The molecule has 0 spiro atoms. The van der Waals surface area contributed by atoms with Gasteiger partial charge in [0.25, 0.3) is 5.91 Å². The highest BCUT2D eigenvalue weighted by atomic mass is 16.2. The van der Waals surface area contributed by atoms with E-state index in [0.29, 0.717) is 0 Å². The minimum absolute atomic E-state index is 0.0501. The molecule has 0 atom stereocenters. The summed E-state index contributed by atoms with van der Waals surface area (Å²) in [5.41, 5.74) is 7.24. The van der Waals surface area contributed by atoms with E-state index in [1.807, 2.05) is 43.7 Å². The first-order valence-corrected chi connectivity index (χ1v) is 12.8. The van der Waals surface area contributed by atoms with Gasteiger partial charge in [-0.05, 0) is 42.8 Å². The molecular weight excluding hydrogens is 462 g/mol. The summed E-state index contributed by atoms with van der Waals surface area (Å²) in [5, 5.41) is 4.26. The molecule has 1 saturated heterocycles. The van der Waals surface area contributed by atoms with E-state index in [2.05, 4.69) is 61.0 Å². The first-order chi connectivity index (χ1) is 17.9. The summed E-state index contributed by atoms with van der Waals surface area (Å²) in [5.74, 6) is 0.0501. The molecule has 192 valence electrons. The molecule has 0 aromatic carbocycles. The van der Waals surface area contributed by atoms with Crippen molar-refractivity contribution in [2.45, 2.75) is 13.0 Å². The van der Waals surface area contributed by atoms with Gasteiger partial charge in [0.1, 0.15) is 5.65 Å². The van der Waals surface area contributed by atoms with E-state index in [9.17, 15) is 4.79 Å². The molecule has 1 N–H and O–H groups in total. The number of aromatic nitrogens is 3. The van der Waals surface area contributed by atoms with E-state index < -0.39 is 0 Å². The zero-order chi connectivity index (χ0) is 25.9. The summed E-state index contributed by atoms with van der Waals surface area (Å²) in [7, 11) is 7.58. The van der Waals surface area contributed by atoms with Crippen molar-refractivity contribution in [3.05, 3.63) is 77.9 Å². The summed E-state index contributed by atoms with van der Waals surface area (Å²) >= 11 is 0. The van der Waals surface area contributed by atoms with Crippen molar-refractivity contribution in [2.75, 3.05) is 52.6 Å². The van der Waals surface area contributed by atoms with Crippen molar-refractivity contribution < 1.29 is 4.79 Å². The molecule has 1 aliphatic heterocycles. The van der Waals surface area contributed by atoms with Crippen LogP contribution in [0.15, 0.2) is 72.2 Å². The number of anilines is 1. The number of nitrogens with zero attached hydrogens (tertiary/aromatic N) is 6. The molecule has 5 rings (SSSR count). The topological polar surface area (TPSA) is 69.5 Å². The maximum absolute atomic E-state index is 12.3. The summed E-state index contributed by atoms with van der Waals surface area (Å²) in [6.07, 6.45) is 12.8. The second-order valence-electron chi connectivity index (χ2n) is 9.79. The van der Waals surface area contributed by atoms with Gasteiger partial charge in [0.05, 0.1) is 17.6 Å². The number of pyridine rings is 2. The number of fused-ring (bicyclic) bond motifs is 1. The number of amides is 1. The lowest BCUT2D eigenvalue weighted by Crippen LogP contribution is -2.45. The quantitative estimate of drug-likeness (QED) is 0.561. The lowest BCUT2D eigenvalue weighted by Gasteiger charge is -2.36. The summed E-state index contributed by atoms with van der Waals surface area (Å²) in [6.45, 7) is 4.77. The number of carbonyl (C=O) groups excluding carboxylic acids is 1. The second-order valence-corrected chi connectivity index (χ2v) is 9.79. The predicted octanol–water partition coefficient (Wildman–Crippen LogP) is 3.65. The van der Waals surface area contributed by atoms with Gasteiger partial charge < -0.3 is 19.7 Å². The maximum Gasteiger partial charge on any atom is 0.253 e. The molecule has 1 amide bonds. The van der Waals surface area contributed by atoms with Crippen LogP contribution in [0.2, 0.25) is 0 Å². The molecule has 0 unspecified atom stereocenters. The largest absolute Gasteiger partial charge is 0.387 e. The van der Waals surface area contributed by atoms with Gasteiger partial charge in [-0.15, -0.1) is 0 Å². The van der Waals surface area contributed by atoms with Gasteiger partial charge in [0.15, 0.2) is 0 Å². The van der Waals surface area contributed by atoms with Crippen LogP contribution in [0.1, 0.15) is 12.1 Å². The molecule has 8 heteroatoms. The number of piperazine rings is 1. The molecule has 4 heterocycles. The van der Waals surface area contributed by atoms with E-state index in [4.69, 9.17) is 0 Å². The van der Waals surface area contributed by atoms with Gasteiger partial charge in [-0.1, -0.05) is 12.2 Å². The molecule has 1 aliphatic carbocycles. The summed E-state index contributed by atoms with van der Waals surface area (Å²) in [6, 6.07) is 8.42. The molecule has 37 heavy (non-hydrogen) atoms. The number of hydrogen-bond donors (Lipinski definition) is 1. The third kappa shape index (κ3) is 5.15. The van der Waals surface area contributed by atoms with Crippen molar-refractivity contribution >= 4 is 22.6 Å². The smallest absolute Gasteiger partial charge is 0.253 e. The second kappa shape index (κ2) is 10.6. The van der Waals surface area contributed by atoms with Crippen LogP contribution in [0.5, 0.6) is 0 Å². The van der Waals surface area contributed by atoms with Crippen LogP contribution >= 0.6 is 0 Å². The van der Waals surface area contributed by atoms with Crippen molar-refractivity contribution in [2.24, 2.45) is 7.05 Å². The maximum atomic E-state index is 12.3. The Kier molecular flexibility index (Phi) is 7.10. The fourth-order valence-electron chi connectivity index (χ4n) is 5.01. The highest BCUT2D eigenvalue weighted by Crippen LogP contribution is 2.29. The SMILES string of the molecule is CNc1ccc(-c2ccnc3c2cc(CN2CCN(C4=CCC=C(C(=O)N(C)C)C=C4)CC2)n3C)nc1. The molecule has 0 bridgehead atoms. The van der Waals surface area contributed by atoms with E-state index in [0.717, 1.165) is 72.7 Å². The monoisotopic (exact) mass is 497 g/mol. The Morgan fingerprint density at radius 1 is 1.05 bits per heavy atom. The molecule has 0 radical (unpaired) electrons. The van der Waals surface area contributed by atoms with Crippen LogP contribution in [-0.4, -0.2) is 82.5 Å². The van der Waals surface area contributed by atoms with Crippen LogP contribution in [0, 0.1) is 0 Å². The number of allylic oxidation sites excluding steroid dienone is 3. The minimum Gasteiger partial charge on any atom is -0.387 e. The Morgan fingerprint density at radius 2 is 1.86 bits per heavy atom. The van der Waals surface area contributed by atoms with Crippen molar-refractivity contribution in [1.82, 2.24) is 29.2 Å². The predicted molar refractivity (Wildman–Crippen MR) is 149 cm³/mol. The van der Waals surface area contributed by atoms with Gasteiger partial charge in [-0.25, -0.2) is 4.98 Å². The molecule has 3 aromatic heterocycles. The normalized spacial score (nSPS) is 16.4. The zero-order valence-electron chi connectivity index (χ0n) is 22.1. The van der Waals surface area contributed by atoms with Crippen LogP contribution in [-0.2, 0) is 18.4 Å². The Morgan fingerprint density at radius 3 is 2.57 bits per heavy atom. The minimum atomic E-state index is 0.0501. The summed E-state index contributed by atoms with van der Waals surface area (Å²) in [4.78, 5) is 28.2. The van der Waals surface area contributed by atoms with Crippen LogP contribution in [0.3, 0.4) is 0 Å². The average molecular weight is 498 g/mol. The van der Waals surface area contributed by atoms with Crippen LogP contribution in [0.4, 0.5) is 5.69 Å².